The van der Waals surface area contributed by atoms with Crippen LogP contribution in [0.2, 0.25) is 5.02 Å². The Labute approximate surface area is 117 Å². The SMILES string of the molecule is CC(C)NCc1ccnn1Cc1ccc(F)cc1Cl. The monoisotopic (exact) mass is 281 g/mol. The van der Waals surface area contributed by atoms with Gasteiger partial charge in [0.2, 0.25) is 0 Å². The van der Waals surface area contributed by atoms with Gasteiger partial charge in [0.25, 0.3) is 0 Å². The van der Waals surface area contributed by atoms with Crippen molar-refractivity contribution in [2.75, 3.05) is 0 Å². The Morgan fingerprint density at radius 2 is 2.16 bits per heavy atom. The maximum Gasteiger partial charge on any atom is 0.124 e. The Balaban J connectivity index is 2.12. The molecule has 1 heterocycles. The van der Waals surface area contributed by atoms with Crippen LogP contribution in [0.25, 0.3) is 0 Å². The molecule has 5 heteroatoms. The second kappa shape index (κ2) is 6.17. The van der Waals surface area contributed by atoms with Gasteiger partial charge in [-0.2, -0.15) is 5.10 Å². The van der Waals surface area contributed by atoms with Crippen LogP contribution in [0, 0.1) is 5.82 Å². The number of rotatable bonds is 5. The molecule has 0 fully saturated rings. The topological polar surface area (TPSA) is 29.9 Å². The molecule has 0 unspecified atom stereocenters. The molecule has 0 aliphatic carbocycles. The average Bonchev–Trinajstić information content (AvgIpc) is 2.77. The fourth-order valence-electron chi connectivity index (χ4n) is 1.77. The molecule has 3 nitrogen and oxygen atoms in total. The lowest BCUT2D eigenvalue weighted by atomic mass is 10.2. The number of nitrogens with one attached hydrogen (secondary N) is 1. The summed E-state index contributed by atoms with van der Waals surface area (Å²) >= 11 is 6.03. The van der Waals surface area contributed by atoms with Crippen molar-refractivity contribution in [1.29, 1.82) is 0 Å². The van der Waals surface area contributed by atoms with Gasteiger partial charge in [0.15, 0.2) is 0 Å². The zero-order valence-corrected chi connectivity index (χ0v) is 11.8. The van der Waals surface area contributed by atoms with Gasteiger partial charge in [-0.15, -0.1) is 0 Å². The molecule has 0 aliphatic heterocycles. The summed E-state index contributed by atoms with van der Waals surface area (Å²) in [4.78, 5) is 0. The second-order valence-electron chi connectivity index (χ2n) is 4.75. The fraction of sp³-hybridized carbons (Fsp3) is 0.357. The van der Waals surface area contributed by atoms with Gasteiger partial charge in [-0.3, -0.25) is 4.68 Å². The van der Waals surface area contributed by atoms with Gasteiger partial charge in [-0.25, -0.2) is 4.39 Å². The van der Waals surface area contributed by atoms with E-state index < -0.39 is 0 Å². The normalized spacial score (nSPS) is 11.2. The van der Waals surface area contributed by atoms with E-state index in [1.165, 1.54) is 12.1 Å². The molecule has 1 N–H and O–H groups in total. The van der Waals surface area contributed by atoms with Crippen LogP contribution in [0.5, 0.6) is 0 Å². The van der Waals surface area contributed by atoms with Gasteiger partial charge in [-0.1, -0.05) is 31.5 Å². The summed E-state index contributed by atoms with van der Waals surface area (Å²) in [6.07, 6.45) is 1.76. The third kappa shape index (κ3) is 3.78. The molecule has 0 atom stereocenters. The van der Waals surface area contributed by atoms with Crippen molar-refractivity contribution in [3.8, 4) is 0 Å². The second-order valence-corrected chi connectivity index (χ2v) is 5.16. The van der Waals surface area contributed by atoms with Crippen LogP contribution in [0.4, 0.5) is 4.39 Å². The highest BCUT2D eigenvalue weighted by Gasteiger charge is 2.07. The number of benzene rings is 1. The number of aromatic nitrogens is 2. The quantitative estimate of drug-likeness (QED) is 0.912. The van der Waals surface area contributed by atoms with Crippen LogP contribution in [0.15, 0.2) is 30.5 Å². The zero-order valence-electron chi connectivity index (χ0n) is 11.0. The average molecular weight is 282 g/mol. The van der Waals surface area contributed by atoms with E-state index in [2.05, 4.69) is 24.3 Å². The molecule has 2 rings (SSSR count). The largest absolute Gasteiger partial charge is 0.309 e. The van der Waals surface area contributed by atoms with Gasteiger partial charge in [0.1, 0.15) is 5.82 Å². The van der Waals surface area contributed by atoms with Crippen molar-refractivity contribution < 1.29 is 4.39 Å². The summed E-state index contributed by atoms with van der Waals surface area (Å²) in [5, 5.41) is 8.05. The predicted molar refractivity (Wildman–Crippen MR) is 74.7 cm³/mol. The Kier molecular flexibility index (Phi) is 4.56. The highest BCUT2D eigenvalue weighted by atomic mass is 35.5. The fourth-order valence-corrected chi connectivity index (χ4v) is 2.00. The van der Waals surface area contributed by atoms with E-state index in [-0.39, 0.29) is 5.82 Å². The highest BCUT2D eigenvalue weighted by molar-refractivity contribution is 6.31. The van der Waals surface area contributed by atoms with Crippen molar-refractivity contribution in [1.82, 2.24) is 15.1 Å². The third-order valence-electron chi connectivity index (χ3n) is 2.83. The zero-order chi connectivity index (χ0) is 13.8. The molecule has 1 aromatic heterocycles. The summed E-state index contributed by atoms with van der Waals surface area (Å²) in [5.74, 6) is -0.323. The van der Waals surface area contributed by atoms with Gasteiger partial charge in [0.05, 0.1) is 12.2 Å². The standard InChI is InChI=1S/C14H17ClFN3/c1-10(2)17-8-13-5-6-18-19(13)9-11-3-4-12(16)7-14(11)15/h3-7,10,17H,8-9H2,1-2H3. The molecule has 0 aliphatic rings. The first-order valence-corrected chi connectivity index (χ1v) is 6.62. The molecule has 0 saturated carbocycles. The number of nitrogens with zero attached hydrogens (tertiary/aromatic N) is 2. The maximum absolute atomic E-state index is 13.0. The molecular weight excluding hydrogens is 265 g/mol. The lowest BCUT2D eigenvalue weighted by Gasteiger charge is -2.11. The molecule has 1 aromatic carbocycles. The first kappa shape index (κ1) is 14.0. The van der Waals surface area contributed by atoms with Crippen molar-refractivity contribution >= 4 is 11.6 Å². The minimum absolute atomic E-state index is 0.323. The first-order valence-electron chi connectivity index (χ1n) is 6.24. The molecule has 0 bridgehead atoms. The smallest absolute Gasteiger partial charge is 0.124 e. The highest BCUT2D eigenvalue weighted by Crippen LogP contribution is 2.18. The summed E-state index contributed by atoms with van der Waals surface area (Å²) in [7, 11) is 0. The lowest BCUT2D eigenvalue weighted by Crippen LogP contribution is -2.23. The number of hydrogen-bond acceptors (Lipinski definition) is 2. The van der Waals surface area contributed by atoms with Crippen molar-refractivity contribution in [3.05, 3.63) is 52.6 Å². The Bertz CT molecular complexity index is 551. The molecular formula is C14H17ClFN3. The Hall–Kier alpha value is -1.39. The third-order valence-corrected chi connectivity index (χ3v) is 3.18. The molecule has 0 amide bonds. The minimum Gasteiger partial charge on any atom is -0.309 e. The van der Waals surface area contributed by atoms with E-state index in [1.807, 2.05) is 10.7 Å². The van der Waals surface area contributed by atoms with Gasteiger partial charge in [0, 0.05) is 23.8 Å². The van der Waals surface area contributed by atoms with Crippen molar-refractivity contribution in [2.45, 2.75) is 33.0 Å². The lowest BCUT2D eigenvalue weighted by molar-refractivity contribution is 0.547. The number of halogens is 2. The number of hydrogen-bond donors (Lipinski definition) is 1. The minimum atomic E-state index is -0.323. The van der Waals surface area contributed by atoms with E-state index in [4.69, 9.17) is 11.6 Å². The summed E-state index contributed by atoms with van der Waals surface area (Å²) in [5.41, 5.74) is 1.94. The predicted octanol–water partition coefficient (Wildman–Crippen LogP) is 3.22. The van der Waals surface area contributed by atoms with Crippen LogP contribution in [-0.2, 0) is 13.1 Å². The van der Waals surface area contributed by atoms with Crippen LogP contribution in [0.1, 0.15) is 25.1 Å². The van der Waals surface area contributed by atoms with E-state index in [1.54, 1.807) is 12.3 Å². The molecule has 2 aromatic rings. The van der Waals surface area contributed by atoms with Crippen LogP contribution in [-0.4, -0.2) is 15.8 Å². The van der Waals surface area contributed by atoms with Crippen molar-refractivity contribution in [3.63, 3.8) is 0 Å². The van der Waals surface area contributed by atoms with Crippen LogP contribution in [0.3, 0.4) is 0 Å². The molecule has 0 saturated heterocycles. The van der Waals surface area contributed by atoms with Crippen LogP contribution < -0.4 is 5.32 Å². The molecule has 102 valence electrons. The van der Waals surface area contributed by atoms with Gasteiger partial charge < -0.3 is 5.32 Å². The summed E-state index contributed by atoms with van der Waals surface area (Å²) in [6.45, 7) is 5.48. The molecule has 19 heavy (non-hydrogen) atoms. The van der Waals surface area contributed by atoms with Gasteiger partial charge >= 0.3 is 0 Å². The van der Waals surface area contributed by atoms with Crippen LogP contribution >= 0.6 is 11.6 Å². The van der Waals surface area contributed by atoms with Gasteiger partial charge in [-0.05, 0) is 23.8 Å². The summed E-state index contributed by atoms with van der Waals surface area (Å²) < 4.78 is 14.9. The Morgan fingerprint density at radius 1 is 1.37 bits per heavy atom. The first-order chi connectivity index (χ1) is 9.06. The molecule has 0 spiro atoms. The van der Waals surface area contributed by atoms with Crippen molar-refractivity contribution in [2.24, 2.45) is 0 Å². The summed E-state index contributed by atoms with van der Waals surface area (Å²) in [6, 6.07) is 6.81. The van der Waals surface area contributed by atoms with E-state index in [9.17, 15) is 4.39 Å². The van der Waals surface area contributed by atoms with E-state index >= 15 is 0 Å². The molecule has 0 radical (unpaired) electrons. The Morgan fingerprint density at radius 3 is 2.84 bits per heavy atom. The van der Waals surface area contributed by atoms with E-state index in [0.29, 0.717) is 17.6 Å². The van der Waals surface area contributed by atoms with E-state index in [0.717, 1.165) is 17.8 Å². The maximum atomic E-state index is 13.0.